The lowest BCUT2D eigenvalue weighted by Gasteiger charge is -2.22. The molecule has 0 radical (unpaired) electrons. The van der Waals surface area contributed by atoms with Crippen LogP contribution in [0.1, 0.15) is 27.7 Å². The molecule has 8 nitrogen and oxygen atoms in total. The average Bonchev–Trinajstić information content (AvgIpc) is 3.28. The smallest absolute Gasteiger partial charge is 0.262 e. The second-order valence-electron chi connectivity index (χ2n) is 7.49. The minimum Gasteiger partial charge on any atom is -0.495 e. The lowest BCUT2D eigenvalue weighted by atomic mass is 10.1. The summed E-state index contributed by atoms with van der Waals surface area (Å²) in [5.74, 6) is 0.746. The summed E-state index contributed by atoms with van der Waals surface area (Å²) in [7, 11) is 1.30. The molecular weight excluding hydrogens is 430 g/mol. The third-order valence-electron chi connectivity index (χ3n) is 5.04. The van der Waals surface area contributed by atoms with Crippen LogP contribution >= 0.6 is 0 Å². The van der Waals surface area contributed by atoms with Crippen LogP contribution in [-0.2, 0) is 10.0 Å². The molecule has 1 heterocycles. The number of amides is 1. The van der Waals surface area contributed by atoms with Crippen molar-refractivity contribution in [2.75, 3.05) is 32.5 Å². The summed E-state index contributed by atoms with van der Waals surface area (Å²) >= 11 is 0. The number of nitrogens with zero attached hydrogens (tertiary/aromatic N) is 1. The summed E-state index contributed by atoms with van der Waals surface area (Å²) in [6.07, 6.45) is 1.58. The maximum atomic E-state index is 13.1. The highest BCUT2D eigenvalue weighted by Crippen LogP contribution is 2.27. The molecule has 0 fully saturated rings. The Morgan fingerprint density at radius 2 is 1.88 bits per heavy atom. The van der Waals surface area contributed by atoms with E-state index in [0.29, 0.717) is 23.5 Å². The van der Waals surface area contributed by atoms with Crippen LogP contribution in [-0.4, -0.2) is 47.0 Å². The molecule has 0 unspecified atom stereocenters. The minimum absolute atomic E-state index is 0.0197. The Balaban J connectivity index is 1.80. The number of aryl methyl sites for hydroxylation is 1. The van der Waals surface area contributed by atoms with E-state index in [1.165, 1.54) is 13.2 Å². The molecule has 0 spiro atoms. The van der Waals surface area contributed by atoms with Crippen molar-refractivity contribution in [1.82, 2.24) is 10.2 Å². The van der Waals surface area contributed by atoms with Gasteiger partial charge in [0, 0.05) is 12.1 Å². The van der Waals surface area contributed by atoms with Crippen molar-refractivity contribution in [2.24, 2.45) is 0 Å². The van der Waals surface area contributed by atoms with Crippen LogP contribution in [0.15, 0.2) is 70.2 Å². The van der Waals surface area contributed by atoms with Crippen molar-refractivity contribution in [3.05, 3.63) is 77.7 Å². The quantitative estimate of drug-likeness (QED) is 0.511. The van der Waals surface area contributed by atoms with Crippen molar-refractivity contribution < 1.29 is 22.4 Å². The van der Waals surface area contributed by atoms with Crippen LogP contribution < -0.4 is 14.8 Å². The number of hydrogen-bond acceptors (Lipinski definition) is 6. The number of benzene rings is 2. The molecule has 2 N–H and O–H groups in total. The summed E-state index contributed by atoms with van der Waals surface area (Å²) in [4.78, 5) is 14.7. The molecule has 1 amide bonds. The van der Waals surface area contributed by atoms with Gasteiger partial charge in [-0.1, -0.05) is 18.2 Å². The number of methoxy groups -OCH3 is 1. The maximum absolute atomic E-state index is 13.1. The first-order chi connectivity index (χ1) is 15.2. The van der Waals surface area contributed by atoms with Crippen molar-refractivity contribution in [1.29, 1.82) is 0 Å². The van der Waals surface area contributed by atoms with E-state index >= 15 is 0 Å². The zero-order valence-electron chi connectivity index (χ0n) is 18.5. The summed E-state index contributed by atoms with van der Waals surface area (Å²) in [6.45, 7) is 1.98. The van der Waals surface area contributed by atoms with Gasteiger partial charge >= 0.3 is 0 Å². The van der Waals surface area contributed by atoms with Crippen molar-refractivity contribution in [2.45, 2.75) is 17.9 Å². The summed E-state index contributed by atoms with van der Waals surface area (Å²) in [5.41, 5.74) is 1.08. The summed E-state index contributed by atoms with van der Waals surface area (Å²) in [5, 5.41) is 2.86. The molecular formula is C23H27N3O5S. The number of anilines is 1. The number of furan rings is 1. The predicted octanol–water partition coefficient (Wildman–Crippen LogP) is 3.43. The molecule has 32 heavy (non-hydrogen) atoms. The summed E-state index contributed by atoms with van der Waals surface area (Å²) < 4.78 is 39.3. The highest BCUT2D eigenvalue weighted by Gasteiger charge is 2.22. The van der Waals surface area contributed by atoms with Gasteiger partial charge in [0.15, 0.2) is 0 Å². The third kappa shape index (κ3) is 5.30. The van der Waals surface area contributed by atoms with Crippen molar-refractivity contribution in [3.63, 3.8) is 0 Å². The number of sulfonamides is 1. The highest BCUT2D eigenvalue weighted by molar-refractivity contribution is 7.92. The molecule has 1 aromatic heterocycles. The molecule has 170 valence electrons. The fourth-order valence-corrected chi connectivity index (χ4v) is 4.61. The number of hydrogen-bond donors (Lipinski definition) is 2. The molecule has 0 saturated carbocycles. The first-order valence-electron chi connectivity index (χ1n) is 9.97. The number of carbonyl (C=O) groups is 1. The molecule has 0 aliphatic carbocycles. The molecule has 2 aromatic carbocycles. The van der Waals surface area contributed by atoms with E-state index in [0.717, 1.165) is 5.76 Å². The topological polar surface area (TPSA) is 101 Å². The van der Waals surface area contributed by atoms with E-state index in [1.54, 1.807) is 55.7 Å². The molecule has 3 aromatic rings. The molecule has 0 aliphatic heterocycles. The first-order valence-corrected chi connectivity index (χ1v) is 11.5. The van der Waals surface area contributed by atoms with Gasteiger partial charge < -0.3 is 14.5 Å². The fourth-order valence-electron chi connectivity index (χ4n) is 3.27. The number of rotatable bonds is 9. The normalized spacial score (nSPS) is 12.4. The van der Waals surface area contributed by atoms with E-state index in [-0.39, 0.29) is 22.4 Å². The molecule has 3 rings (SSSR count). The molecule has 1 atom stereocenters. The van der Waals surface area contributed by atoms with Gasteiger partial charge in [-0.3, -0.25) is 14.4 Å². The summed E-state index contributed by atoms with van der Waals surface area (Å²) in [6, 6.07) is 14.8. The van der Waals surface area contributed by atoms with E-state index in [1.807, 2.05) is 25.1 Å². The van der Waals surface area contributed by atoms with E-state index in [9.17, 15) is 13.2 Å². The van der Waals surface area contributed by atoms with Gasteiger partial charge in [0.2, 0.25) is 0 Å². The van der Waals surface area contributed by atoms with Gasteiger partial charge in [-0.25, -0.2) is 8.42 Å². The largest absolute Gasteiger partial charge is 0.495 e. The lowest BCUT2D eigenvalue weighted by molar-refractivity contribution is 0.0939. The van der Waals surface area contributed by atoms with Crippen LogP contribution in [0.2, 0.25) is 0 Å². The van der Waals surface area contributed by atoms with Crippen LogP contribution in [0.3, 0.4) is 0 Å². The fraction of sp³-hybridized carbons (Fsp3) is 0.261. The van der Waals surface area contributed by atoms with Crippen molar-refractivity contribution >= 4 is 21.6 Å². The van der Waals surface area contributed by atoms with Crippen LogP contribution in [0.25, 0.3) is 0 Å². The molecule has 9 heteroatoms. The van der Waals surface area contributed by atoms with E-state index < -0.39 is 10.0 Å². The zero-order chi connectivity index (χ0) is 23.3. The third-order valence-corrected chi connectivity index (χ3v) is 6.55. The van der Waals surface area contributed by atoms with Gasteiger partial charge in [-0.2, -0.15) is 0 Å². The Hall–Kier alpha value is -3.30. The first kappa shape index (κ1) is 23.4. The lowest BCUT2D eigenvalue weighted by Crippen LogP contribution is -2.34. The Bertz CT molecular complexity index is 1170. The predicted molar refractivity (Wildman–Crippen MR) is 122 cm³/mol. The maximum Gasteiger partial charge on any atom is 0.262 e. The van der Waals surface area contributed by atoms with E-state index in [4.69, 9.17) is 9.15 Å². The van der Waals surface area contributed by atoms with Gasteiger partial charge in [0.05, 0.1) is 30.0 Å². The van der Waals surface area contributed by atoms with Crippen molar-refractivity contribution in [3.8, 4) is 5.75 Å². The number of carbonyl (C=O) groups excluding carboxylic acids is 1. The SMILES string of the molecule is COc1ccccc1NS(=O)(=O)c1cc(C(=O)NC[C@H](c2ccco2)N(C)C)ccc1C. The Kier molecular flexibility index (Phi) is 7.22. The number of likely N-dealkylation sites (N-methyl/N-ethyl adjacent to an activating group) is 1. The van der Waals surface area contributed by atoms with Crippen LogP contribution in [0, 0.1) is 6.92 Å². The van der Waals surface area contributed by atoms with Crippen LogP contribution in [0.4, 0.5) is 5.69 Å². The second kappa shape index (κ2) is 9.88. The van der Waals surface area contributed by atoms with Gasteiger partial charge in [0.1, 0.15) is 11.5 Å². The zero-order valence-corrected chi connectivity index (χ0v) is 19.3. The standard InChI is InChI=1S/C23H27N3O5S/c1-16-11-12-17(23(27)24-15-19(26(2)3)21-10-7-13-31-21)14-22(16)32(28,29)25-18-8-5-6-9-20(18)30-4/h5-14,19,25H,15H2,1-4H3,(H,24,27)/t19-/m1/s1. The van der Waals surface area contributed by atoms with E-state index in [2.05, 4.69) is 10.0 Å². The van der Waals surface area contributed by atoms with Gasteiger partial charge in [0.25, 0.3) is 15.9 Å². The number of ether oxygens (including phenoxy) is 1. The monoisotopic (exact) mass is 457 g/mol. The van der Waals surface area contributed by atoms with Gasteiger partial charge in [-0.15, -0.1) is 0 Å². The number of para-hydroxylation sites is 2. The molecule has 0 saturated heterocycles. The Morgan fingerprint density at radius 3 is 2.53 bits per heavy atom. The Labute approximate surface area is 188 Å². The van der Waals surface area contributed by atoms with Gasteiger partial charge in [-0.05, 0) is 63.0 Å². The second-order valence-corrected chi connectivity index (χ2v) is 9.14. The average molecular weight is 458 g/mol. The minimum atomic E-state index is -3.95. The van der Waals surface area contributed by atoms with Crippen LogP contribution in [0.5, 0.6) is 5.75 Å². The molecule has 0 aliphatic rings. The Morgan fingerprint density at radius 1 is 1.12 bits per heavy atom. The number of nitrogens with one attached hydrogen (secondary N) is 2. The highest BCUT2D eigenvalue weighted by atomic mass is 32.2. The molecule has 0 bridgehead atoms.